The number of primary amides is 1. The molecule has 5 heterocycles. The van der Waals surface area contributed by atoms with Crippen LogP contribution in [-0.2, 0) is 35.3 Å². The monoisotopic (exact) mass is 1260 g/mol. The Hall–Kier alpha value is -8.22. The minimum Gasteiger partial charge on any atom is -0.492 e. The van der Waals surface area contributed by atoms with E-state index >= 15 is 0 Å². The van der Waals surface area contributed by atoms with Crippen molar-refractivity contribution in [1.29, 1.82) is 0 Å². The van der Waals surface area contributed by atoms with Gasteiger partial charge in [-0.2, -0.15) is 0 Å². The van der Waals surface area contributed by atoms with Crippen molar-refractivity contribution >= 4 is 109 Å². The number of urea groups is 1. The molecule has 1 unspecified atom stereocenters. The summed E-state index contributed by atoms with van der Waals surface area (Å²) in [7, 11) is 3.23. The molecule has 2 aromatic heterocycles. The quantitative estimate of drug-likeness (QED) is 0.0149. The molecule has 8 rings (SSSR count). The number of nitrogens with zero attached hydrogens (tertiary/aromatic N) is 5. The zero-order valence-electron chi connectivity index (χ0n) is 51.7. The van der Waals surface area contributed by atoms with Crippen LogP contribution in [0.5, 0.6) is 11.5 Å². The fraction of sp³-hybridized carbons (Fsp3) is 0.484. The van der Waals surface area contributed by atoms with Gasteiger partial charge in [-0.3, -0.25) is 38.6 Å². The minimum absolute atomic E-state index is 0.0977. The number of nitrogens with one attached hydrogen (secondary N) is 5. The number of carbonyl (C=O) groups is 9. The first kappa shape index (κ1) is 66.7. The van der Waals surface area contributed by atoms with Crippen molar-refractivity contribution in [2.24, 2.45) is 17.1 Å². The number of fused-ring (bicyclic) bond motifs is 4. The van der Waals surface area contributed by atoms with E-state index in [4.69, 9.17) is 31.5 Å². The molecule has 23 nitrogen and oxygen atoms in total. The molecule has 3 atom stereocenters. The fourth-order valence-electron chi connectivity index (χ4n) is 11.6. The number of anilines is 2. The number of nitrogens with two attached hydrogens (primary N) is 1. The smallest absolute Gasteiger partial charge is 0.415 e. The van der Waals surface area contributed by atoms with Crippen molar-refractivity contribution in [3.63, 3.8) is 0 Å². The van der Waals surface area contributed by atoms with E-state index in [1.54, 1.807) is 63.2 Å². The number of hydrogen-bond acceptors (Lipinski definition) is 14. The summed E-state index contributed by atoms with van der Waals surface area (Å²) in [5, 5.41) is 14.6. The van der Waals surface area contributed by atoms with Crippen LogP contribution in [0, 0.1) is 18.3 Å². The first-order valence-electron chi connectivity index (χ1n) is 30.3. The Bertz CT molecular complexity index is 3430. The number of carbonyl (C=O) groups excluding carboxylic acids is 9. The molecule has 1 saturated heterocycles. The molecule has 478 valence electrons. The fourth-order valence-corrected chi connectivity index (χ4v) is 12.8. The summed E-state index contributed by atoms with van der Waals surface area (Å²) in [5.41, 5.74) is 9.34. The van der Waals surface area contributed by atoms with Gasteiger partial charge in [-0.05, 0) is 123 Å². The Kier molecular flexibility index (Phi) is 22.7. The van der Waals surface area contributed by atoms with E-state index in [9.17, 15) is 43.2 Å². The van der Waals surface area contributed by atoms with Crippen molar-refractivity contribution in [1.82, 2.24) is 40.5 Å². The first-order chi connectivity index (χ1) is 42.5. The minimum atomic E-state index is -1.07. The second-order valence-electron chi connectivity index (χ2n) is 24.3. The highest BCUT2D eigenvalue weighted by Crippen LogP contribution is 2.49. The van der Waals surface area contributed by atoms with Gasteiger partial charge in [0, 0.05) is 117 Å². The first-order valence-corrected chi connectivity index (χ1v) is 31.7. The third-order valence-corrected chi connectivity index (χ3v) is 17.5. The highest BCUT2D eigenvalue weighted by atomic mass is 35.5. The third-order valence-electron chi connectivity index (χ3n) is 16.0. The molecule has 10 amide bonds. The number of benzene rings is 3. The van der Waals surface area contributed by atoms with Crippen LogP contribution in [0.3, 0.4) is 0 Å². The third kappa shape index (κ3) is 17.6. The van der Waals surface area contributed by atoms with Crippen molar-refractivity contribution in [3.05, 3.63) is 94.5 Å². The number of halogens is 1. The summed E-state index contributed by atoms with van der Waals surface area (Å²) in [6.45, 7) is 14.0. The number of amides is 10. The van der Waals surface area contributed by atoms with Crippen LogP contribution < -0.4 is 41.4 Å². The highest BCUT2D eigenvalue weighted by molar-refractivity contribution is 7.17. The Morgan fingerprint density at radius 1 is 0.865 bits per heavy atom. The van der Waals surface area contributed by atoms with Crippen LogP contribution in [-0.4, -0.2) is 169 Å². The molecule has 3 aliphatic heterocycles. The summed E-state index contributed by atoms with van der Waals surface area (Å²) in [6.07, 6.45) is 5.71. The molecule has 0 spiro atoms. The van der Waals surface area contributed by atoms with Crippen LogP contribution in [0.25, 0.3) is 21.0 Å². The number of alkyl halides is 1. The lowest BCUT2D eigenvalue weighted by Crippen LogP contribution is -2.54. The van der Waals surface area contributed by atoms with Gasteiger partial charge in [0.1, 0.15) is 36.7 Å². The number of rotatable bonds is 29. The number of ether oxygens (including phenoxy) is 3. The number of likely N-dealkylation sites (tertiary alicyclic amines) is 1. The molecule has 25 heteroatoms. The molecule has 3 aliphatic rings. The Labute approximate surface area is 527 Å². The number of imide groups is 1. The van der Waals surface area contributed by atoms with E-state index in [0.29, 0.717) is 60.8 Å². The van der Waals surface area contributed by atoms with Gasteiger partial charge in [-0.1, -0.05) is 46.2 Å². The van der Waals surface area contributed by atoms with Gasteiger partial charge in [0.2, 0.25) is 17.7 Å². The maximum absolute atomic E-state index is 14.5. The average Bonchev–Trinajstić information content (AvgIpc) is 1.61. The number of H-pyrrole nitrogens is 1. The van der Waals surface area contributed by atoms with Crippen LogP contribution >= 0.6 is 22.9 Å². The van der Waals surface area contributed by atoms with Crippen LogP contribution in [0.1, 0.15) is 112 Å². The lowest BCUT2D eigenvalue weighted by atomic mass is 9.92. The second kappa shape index (κ2) is 30.3. The summed E-state index contributed by atoms with van der Waals surface area (Å²) < 4.78 is 18.7. The van der Waals surface area contributed by atoms with E-state index in [1.165, 1.54) is 46.1 Å². The number of hydrogen-bond donors (Lipinski definition) is 6. The average molecular weight is 1260 g/mol. The second-order valence-corrected chi connectivity index (χ2v) is 25.5. The Morgan fingerprint density at radius 2 is 1.57 bits per heavy atom. The largest absolute Gasteiger partial charge is 0.492 e. The molecule has 5 aromatic rings. The summed E-state index contributed by atoms with van der Waals surface area (Å²) in [4.78, 5) is 129. The SMILES string of the molecule is Cc1csc2c(OC(=O)N(C)CC(C)(C)CN(C)C(=O)OCc3ccc(NC(=O)[C@H](CCCNC(N)=O)NC(=O)[C@@H](NC(=O)CCCCCN4C(=O)C=CC4=O)C(C)C)cc3)cc3c(c12)C(CCl)CN3C(=O)c1cc2cc(OCCN3CCCC3)ccc2[nH]1. The molecule has 0 aliphatic carbocycles. The lowest BCUT2D eigenvalue weighted by Gasteiger charge is -2.33. The van der Waals surface area contributed by atoms with Crippen LogP contribution in [0.2, 0.25) is 0 Å². The van der Waals surface area contributed by atoms with Gasteiger partial charge in [-0.15, -0.1) is 22.9 Å². The maximum atomic E-state index is 14.5. The molecular weight excluding hydrogens is 1180 g/mol. The number of unbranched alkanes of at least 4 members (excludes halogenated alkanes) is 2. The normalized spacial score (nSPS) is 15.5. The summed E-state index contributed by atoms with van der Waals surface area (Å²) >= 11 is 8.09. The van der Waals surface area contributed by atoms with Gasteiger partial charge in [0.05, 0.1) is 10.4 Å². The summed E-state index contributed by atoms with van der Waals surface area (Å²) in [6, 6.07) is 13.2. The van der Waals surface area contributed by atoms with Crippen molar-refractivity contribution in [3.8, 4) is 11.5 Å². The Morgan fingerprint density at radius 3 is 2.26 bits per heavy atom. The van der Waals surface area contributed by atoms with Gasteiger partial charge in [0.25, 0.3) is 17.7 Å². The number of aryl methyl sites for hydroxylation is 1. The van der Waals surface area contributed by atoms with Crippen molar-refractivity contribution in [2.45, 2.75) is 111 Å². The molecule has 0 bridgehead atoms. The topological polar surface area (TPSA) is 287 Å². The zero-order chi connectivity index (χ0) is 64.1. The van der Waals surface area contributed by atoms with Crippen molar-refractivity contribution in [2.75, 3.05) is 89.2 Å². The standard InChI is InChI=1S/C64H82ClN11O12S/c1-39(2)56(71-51(77)15-9-8-10-27-75-52(78)22-23-53(75)79)59(81)70-47(14-13-24-67-61(66)83)58(80)68-44-18-16-41(17-19-44)35-87-62(84)72(6)37-64(4,5)38-73(7)63(85)88-50-32-49-55(54-40(3)36-89-57(50)54)43(33-65)34-76(49)60(82)48-31-42-30-45(20-21-46(42)69-48)86-29-28-74-25-11-12-26-74/h16-23,30-32,36,39,43,47,56,69H,8-15,24-29,33-35,37-38H2,1-7H3,(H,68,80)(H,70,81)(H,71,77)(H3,66,67,83)/t43?,47-,56-/m0/s1. The maximum Gasteiger partial charge on any atom is 0.415 e. The van der Waals surface area contributed by atoms with Gasteiger partial charge >= 0.3 is 18.2 Å². The molecule has 1 fully saturated rings. The van der Waals surface area contributed by atoms with E-state index in [1.807, 2.05) is 50.4 Å². The predicted molar refractivity (Wildman–Crippen MR) is 341 cm³/mol. The molecule has 0 radical (unpaired) electrons. The van der Waals surface area contributed by atoms with Gasteiger partial charge < -0.3 is 60.9 Å². The molecule has 89 heavy (non-hydrogen) atoms. The zero-order valence-corrected chi connectivity index (χ0v) is 53.2. The Balaban J connectivity index is 0.819. The van der Waals surface area contributed by atoms with E-state index in [0.717, 1.165) is 62.4 Å². The van der Waals surface area contributed by atoms with Crippen molar-refractivity contribution < 1.29 is 57.4 Å². The predicted octanol–water partition coefficient (Wildman–Crippen LogP) is 8.37. The molecule has 3 aromatic carbocycles. The van der Waals surface area contributed by atoms with Crippen LogP contribution in [0.15, 0.2) is 72.1 Å². The van der Waals surface area contributed by atoms with E-state index in [2.05, 4.69) is 31.2 Å². The molecular formula is C64H82ClN11O12S. The highest BCUT2D eigenvalue weighted by Gasteiger charge is 2.38. The van der Waals surface area contributed by atoms with Gasteiger partial charge in [-0.25, -0.2) is 14.4 Å². The number of aromatic nitrogens is 1. The van der Waals surface area contributed by atoms with Gasteiger partial charge in [0.15, 0.2) is 5.75 Å². The summed E-state index contributed by atoms with van der Waals surface area (Å²) in [5.74, 6) is -1.65. The molecule has 0 saturated carbocycles. The van der Waals surface area contributed by atoms with Crippen LogP contribution in [0.4, 0.5) is 25.8 Å². The lowest BCUT2D eigenvalue weighted by molar-refractivity contribution is -0.137. The van der Waals surface area contributed by atoms with E-state index < -0.39 is 47.5 Å². The van der Waals surface area contributed by atoms with E-state index in [-0.39, 0.29) is 93.4 Å². The number of thiophene rings is 1. The number of aromatic amines is 1. The molecule has 7 N–H and O–H groups in total.